The third-order valence-corrected chi connectivity index (χ3v) is 3.30. The van der Waals surface area contributed by atoms with Crippen molar-refractivity contribution in [3.63, 3.8) is 0 Å². The van der Waals surface area contributed by atoms with E-state index < -0.39 is 9.84 Å². The molecule has 0 heterocycles. The molecule has 0 unspecified atom stereocenters. The molecule has 19 heavy (non-hydrogen) atoms. The Labute approximate surface area is 113 Å². The lowest BCUT2D eigenvalue weighted by atomic mass is 10.1. The molecule has 0 aliphatic carbocycles. The van der Waals surface area contributed by atoms with Crippen LogP contribution >= 0.6 is 0 Å². The first kappa shape index (κ1) is 15.7. The van der Waals surface area contributed by atoms with Gasteiger partial charge in [-0.05, 0) is 24.6 Å². The fourth-order valence-corrected chi connectivity index (χ4v) is 2.45. The molecule has 5 nitrogen and oxygen atoms in total. The molecule has 1 atom stereocenters. The van der Waals surface area contributed by atoms with Gasteiger partial charge in [-0.3, -0.25) is 4.79 Å². The van der Waals surface area contributed by atoms with Crippen molar-refractivity contribution in [2.75, 3.05) is 20.0 Å². The van der Waals surface area contributed by atoms with Gasteiger partial charge in [-0.1, -0.05) is 12.1 Å². The molecular weight excluding hydrogens is 266 g/mol. The highest BCUT2D eigenvalue weighted by Crippen LogP contribution is 2.08. The molecule has 0 spiro atoms. The third kappa shape index (κ3) is 5.85. The van der Waals surface area contributed by atoms with Gasteiger partial charge in [0, 0.05) is 25.0 Å². The average Bonchev–Trinajstić information content (AvgIpc) is 2.27. The summed E-state index contributed by atoms with van der Waals surface area (Å²) in [6.45, 7) is 2.29. The van der Waals surface area contributed by atoms with Crippen LogP contribution in [0.1, 0.15) is 22.8 Å². The predicted molar refractivity (Wildman–Crippen MR) is 73.8 cm³/mol. The predicted octanol–water partition coefficient (Wildman–Crippen LogP) is 0.996. The lowest BCUT2D eigenvalue weighted by molar-refractivity contribution is 0.0905. The highest BCUT2D eigenvalue weighted by Gasteiger charge is 2.10. The third-order valence-electron chi connectivity index (χ3n) is 2.44. The molecule has 0 saturated carbocycles. The van der Waals surface area contributed by atoms with Gasteiger partial charge < -0.3 is 10.1 Å². The Morgan fingerprint density at radius 3 is 2.37 bits per heavy atom. The van der Waals surface area contributed by atoms with Gasteiger partial charge in [0.25, 0.3) is 5.91 Å². The van der Waals surface area contributed by atoms with Crippen molar-refractivity contribution < 1.29 is 17.9 Å². The van der Waals surface area contributed by atoms with Gasteiger partial charge >= 0.3 is 0 Å². The number of nitrogens with one attached hydrogen (secondary N) is 1. The SMILES string of the molecule is COC[C@H](C)NC(=O)c1ccc(CS(C)(=O)=O)cc1. The maximum absolute atomic E-state index is 11.8. The average molecular weight is 285 g/mol. The van der Waals surface area contributed by atoms with Crippen molar-refractivity contribution in [2.24, 2.45) is 0 Å². The van der Waals surface area contributed by atoms with E-state index in [1.165, 1.54) is 6.26 Å². The van der Waals surface area contributed by atoms with Crippen molar-refractivity contribution >= 4 is 15.7 Å². The smallest absolute Gasteiger partial charge is 0.251 e. The molecule has 1 aromatic rings. The van der Waals surface area contributed by atoms with Crippen LogP contribution in [0.5, 0.6) is 0 Å². The Morgan fingerprint density at radius 1 is 1.32 bits per heavy atom. The monoisotopic (exact) mass is 285 g/mol. The minimum absolute atomic E-state index is 0.0189. The van der Waals surface area contributed by atoms with Gasteiger partial charge in [-0.25, -0.2) is 8.42 Å². The Hall–Kier alpha value is -1.40. The molecule has 0 saturated heterocycles. The Morgan fingerprint density at radius 2 is 1.89 bits per heavy atom. The molecule has 0 aliphatic heterocycles. The topological polar surface area (TPSA) is 72.5 Å². The minimum Gasteiger partial charge on any atom is -0.383 e. The molecule has 0 bridgehead atoms. The lowest BCUT2D eigenvalue weighted by Gasteiger charge is -2.12. The number of rotatable bonds is 6. The summed E-state index contributed by atoms with van der Waals surface area (Å²) in [6.07, 6.45) is 1.18. The molecule has 6 heteroatoms. The van der Waals surface area contributed by atoms with Crippen molar-refractivity contribution in [3.8, 4) is 0 Å². The molecule has 1 rings (SSSR count). The maximum Gasteiger partial charge on any atom is 0.251 e. The van der Waals surface area contributed by atoms with E-state index in [2.05, 4.69) is 5.32 Å². The molecule has 1 aromatic carbocycles. The number of sulfone groups is 1. The second kappa shape index (κ2) is 6.68. The summed E-state index contributed by atoms with van der Waals surface area (Å²) < 4.78 is 27.2. The molecule has 1 amide bonds. The van der Waals surface area contributed by atoms with Crippen LogP contribution in [0.15, 0.2) is 24.3 Å². The first-order valence-electron chi connectivity index (χ1n) is 5.88. The summed E-state index contributed by atoms with van der Waals surface area (Å²) in [4.78, 5) is 11.8. The van der Waals surface area contributed by atoms with Gasteiger partial charge in [-0.15, -0.1) is 0 Å². The van der Waals surface area contributed by atoms with E-state index in [4.69, 9.17) is 4.74 Å². The standard InChI is InChI=1S/C13H19NO4S/c1-10(8-18-2)14-13(15)12-6-4-11(5-7-12)9-19(3,16)17/h4-7,10H,8-9H2,1-3H3,(H,14,15)/t10-/m0/s1. The summed E-state index contributed by atoms with van der Waals surface area (Å²) in [5, 5.41) is 2.78. The van der Waals surface area contributed by atoms with E-state index in [9.17, 15) is 13.2 Å². The first-order valence-corrected chi connectivity index (χ1v) is 7.94. The van der Waals surface area contributed by atoms with Crippen LogP contribution in [0.3, 0.4) is 0 Å². The van der Waals surface area contributed by atoms with E-state index >= 15 is 0 Å². The van der Waals surface area contributed by atoms with Crippen LogP contribution in [-0.4, -0.2) is 40.3 Å². The molecule has 0 aliphatic rings. The zero-order valence-electron chi connectivity index (χ0n) is 11.3. The van der Waals surface area contributed by atoms with Crippen LogP contribution < -0.4 is 5.32 Å². The zero-order valence-corrected chi connectivity index (χ0v) is 12.2. The number of hydrogen-bond acceptors (Lipinski definition) is 4. The van der Waals surface area contributed by atoms with Crippen LogP contribution in [0, 0.1) is 0 Å². The second-order valence-electron chi connectivity index (χ2n) is 4.60. The Kier molecular flexibility index (Phi) is 5.50. The van der Waals surface area contributed by atoms with Crippen molar-refractivity contribution in [2.45, 2.75) is 18.7 Å². The lowest BCUT2D eigenvalue weighted by Crippen LogP contribution is -2.35. The fraction of sp³-hybridized carbons (Fsp3) is 0.462. The fourth-order valence-electron chi connectivity index (χ4n) is 1.65. The number of benzene rings is 1. The van der Waals surface area contributed by atoms with Crippen molar-refractivity contribution in [1.29, 1.82) is 0 Å². The maximum atomic E-state index is 11.8. The van der Waals surface area contributed by atoms with E-state index in [0.29, 0.717) is 17.7 Å². The van der Waals surface area contributed by atoms with E-state index in [1.807, 2.05) is 6.92 Å². The van der Waals surface area contributed by atoms with E-state index in [0.717, 1.165) is 0 Å². The summed E-state index contributed by atoms with van der Waals surface area (Å²) in [6, 6.07) is 6.46. The molecule has 1 N–H and O–H groups in total. The van der Waals surface area contributed by atoms with Crippen molar-refractivity contribution in [3.05, 3.63) is 35.4 Å². The summed E-state index contributed by atoms with van der Waals surface area (Å²) in [5.74, 6) is -0.218. The number of ether oxygens (including phenoxy) is 1. The van der Waals surface area contributed by atoms with Crippen molar-refractivity contribution in [1.82, 2.24) is 5.32 Å². The highest BCUT2D eigenvalue weighted by atomic mass is 32.2. The second-order valence-corrected chi connectivity index (χ2v) is 6.74. The quantitative estimate of drug-likeness (QED) is 0.846. The molecule has 0 aromatic heterocycles. The van der Waals surface area contributed by atoms with E-state index in [-0.39, 0.29) is 17.7 Å². The highest BCUT2D eigenvalue weighted by molar-refractivity contribution is 7.89. The van der Waals surface area contributed by atoms with Crippen LogP contribution in [0.2, 0.25) is 0 Å². The Balaban J connectivity index is 2.68. The van der Waals surface area contributed by atoms with Gasteiger partial charge in [-0.2, -0.15) is 0 Å². The number of hydrogen-bond donors (Lipinski definition) is 1. The van der Waals surface area contributed by atoms with Gasteiger partial charge in [0.15, 0.2) is 9.84 Å². The number of carbonyl (C=O) groups is 1. The minimum atomic E-state index is -3.05. The number of amides is 1. The number of methoxy groups -OCH3 is 1. The molecule has 106 valence electrons. The first-order chi connectivity index (χ1) is 8.81. The van der Waals surface area contributed by atoms with Crippen LogP contribution in [-0.2, 0) is 20.3 Å². The summed E-state index contributed by atoms with van der Waals surface area (Å²) >= 11 is 0. The van der Waals surface area contributed by atoms with Crippen LogP contribution in [0.25, 0.3) is 0 Å². The normalized spacial score (nSPS) is 13.0. The Bertz CT molecular complexity index is 522. The summed E-state index contributed by atoms with van der Waals surface area (Å²) in [7, 11) is -1.48. The van der Waals surface area contributed by atoms with Gasteiger partial charge in [0.1, 0.15) is 0 Å². The molecule has 0 fully saturated rings. The summed E-state index contributed by atoms with van der Waals surface area (Å²) in [5.41, 5.74) is 1.17. The molecule has 0 radical (unpaired) electrons. The van der Waals surface area contributed by atoms with Gasteiger partial charge in [0.2, 0.25) is 0 Å². The van der Waals surface area contributed by atoms with E-state index in [1.54, 1.807) is 31.4 Å². The largest absolute Gasteiger partial charge is 0.383 e. The molecular formula is C13H19NO4S. The van der Waals surface area contributed by atoms with Crippen LogP contribution in [0.4, 0.5) is 0 Å². The zero-order chi connectivity index (χ0) is 14.5. The number of carbonyl (C=O) groups excluding carboxylic acids is 1. The van der Waals surface area contributed by atoms with Gasteiger partial charge in [0.05, 0.1) is 12.4 Å².